The van der Waals surface area contributed by atoms with Crippen molar-refractivity contribution in [3.63, 3.8) is 0 Å². The van der Waals surface area contributed by atoms with E-state index in [0.717, 1.165) is 16.0 Å². The molecule has 2 rings (SSSR count). The number of hydrogen-bond donors (Lipinski definition) is 1. The molecule has 1 unspecified atom stereocenters. The summed E-state index contributed by atoms with van der Waals surface area (Å²) in [6.07, 6.45) is 5.25. The highest BCUT2D eigenvalue weighted by Gasteiger charge is 2.13. The topological polar surface area (TPSA) is 33.1 Å². The zero-order valence-electron chi connectivity index (χ0n) is 10.0. The van der Waals surface area contributed by atoms with Crippen LogP contribution >= 0.6 is 23.4 Å². The minimum absolute atomic E-state index is 0.499. The summed E-state index contributed by atoms with van der Waals surface area (Å²) in [5, 5.41) is 10.9. The normalized spacial score (nSPS) is 12.4. The predicted molar refractivity (Wildman–Crippen MR) is 76.1 cm³/mol. The van der Waals surface area contributed by atoms with Gasteiger partial charge in [0.25, 0.3) is 0 Å². The van der Waals surface area contributed by atoms with E-state index in [4.69, 9.17) is 11.6 Å². The van der Waals surface area contributed by atoms with Gasteiger partial charge in [0.05, 0.1) is 11.1 Å². The average Bonchev–Trinajstić information content (AvgIpc) is 2.41. The van der Waals surface area contributed by atoms with Crippen LogP contribution in [0.3, 0.4) is 0 Å². The third kappa shape index (κ3) is 3.05. The number of pyridine rings is 1. The lowest BCUT2D eigenvalue weighted by Crippen LogP contribution is -2.03. The molecule has 2 nitrogen and oxygen atoms in total. The molecule has 1 atom stereocenters. The molecule has 18 heavy (non-hydrogen) atoms. The van der Waals surface area contributed by atoms with Crippen LogP contribution in [-0.4, -0.2) is 16.3 Å². The molecule has 1 N–H and O–H groups in total. The monoisotopic (exact) mass is 279 g/mol. The number of nitrogens with zero attached hydrogens (tertiary/aromatic N) is 1. The SMILES string of the molecule is CSc1ccccc1C(O)Cc1ccncc1Cl. The summed E-state index contributed by atoms with van der Waals surface area (Å²) in [4.78, 5) is 5.03. The standard InChI is InChI=1S/C14H14ClNOS/c1-18-14-5-3-2-4-11(14)13(17)8-10-6-7-16-9-12(10)15/h2-7,9,13,17H,8H2,1H3. The molecule has 1 aromatic carbocycles. The Hall–Kier alpha value is -1.03. The van der Waals surface area contributed by atoms with Crippen molar-refractivity contribution in [2.24, 2.45) is 0 Å². The fourth-order valence-electron chi connectivity index (χ4n) is 1.83. The van der Waals surface area contributed by atoms with E-state index in [1.165, 1.54) is 0 Å². The molecule has 0 amide bonds. The molecule has 1 aromatic heterocycles. The van der Waals surface area contributed by atoms with Gasteiger partial charge in [0.2, 0.25) is 0 Å². The summed E-state index contributed by atoms with van der Waals surface area (Å²) in [5.74, 6) is 0. The molecule has 0 saturated heterocycles. The second-order valence-electron chi connectivity index (χ2n) is 3.93. The largest absolute Gasteiger partial charge is 0.388 e. The zero-order valence-corrected chi connectivity index (χ0v) is 11.6. The van der Waals surface area contributed by atoms with Crippen LogP contribution in [0.4, 0.5) is 0 Å². The number of aliphatic hydroxyl groups is 1. The second-order valence-corrected chi connectivity index (χ2v) is 5.18. The van der Waals surface area contributed by atoms with E-state index in [1.807, 2.05) is 36.6 Å². The summed E-state index contributed by atoms with van der Waals surface area (Å²) in [6, 6.07) is 9.71. The number of aliphatic hydroxyl groups excluding tert-OH is 1. The van der Waals surface area contributed by atoms with Crippen molar-refractivity contribution >= 4 is 23.4 Å². The molecule has 94 valence electrons. The fraction of sp³-hybridized carbons (Fsp3) is 0.214. The molecule has 0 radical (unpaired) electrons. The molecule has 0 bridgehead atoms. The fourth-order valence-corrected chi connectivity index (χ4v) is 2.68. The molecule has 0 aliphatic rings. The Morgan fingerprint density at radius 3 is 2.83 bits per heavy atom. The molecular weight excluding hydrogens is 266 g/mol. The molecule has 2 aromatic rings. The first kappa shape index (κ1) is 13.4. The predicted octanol–water partition coefficient (Wildman–Crippen LogP) is 3.73. The number of aromatic nitrogens is 1. The van der Waals surface area contributed by atoms with Crippen molar-refractivity contribution in [2.75, 3.05) is 6.26 Å². The van der Waals surface area contributed by atoms with Crippen molar-refractivity contribution in [2.45, 2.75) is 17.4 Å². The number of benzene rings is 1. The van der Waals surface area contributed by atoms with Gasteiger partial charge in [-0.1, -0.05) is 29.8 Å². The Morgan fingerprint density at radius 1 is 1.33 bits per heavy atom. The van der Waals surface area contributed by atoms with Crippen LogP contribution in [-0.2, 0) is 6.42 Å². The van der Waals surface area contributed by atoms with Gasteiger partial charge in [-0.3, -0.25) is 4.98 Å². The van der Waals surface area contributed by atoms with Gasteiger partial charge < -0.3 is 5.11 Å². The van der Waals surface area contributed by atoms with Crippen LogP contribution in [0, 0.1) is 0 Å². The first-order chi connectivity index (χ1) is 8.72. The number of thioether (sulfide) groups is 1. The number of rotatable bonds is 4. The van der Waals surface area contributed by atoms with Crippen LogP contribution in [0.25, 0.3) is 0 Å². The van der Waals surface area contributed by atoms with E-state index < -0.39 is 6.10 Å². The minimum atomic E-state index is -0.548. The van der Waals surface area contributed by atoms with Gasteiger partial charge >= 0.3 is 0 Å². The van der Waals surface area contributed by atoms with Crippen LogP contribution in [0.15, 0.2) is 47.6 Å². The van der Waals surface area contributed by atoms with E-state index in [0.29, 0.717) is 11.4 Å². The van der Waals surface area contributed by atoms with E-state index in [9.17, 15) is 5.11 Å². The van der Waals surface area contributed by atoms with Crippen molar-refractivity contribution in [3.8, 4) is 0 Å². The third-order valence-electron chi connectivity index (χ3n) is 2.77. The molecule has 0 aliphatic carbocycles. The quantitative estimate of drug-likeness (QED) is 0.866. The first-order valence-electron chi connectivity index (χ1n) is 5.61. The van der Waals surface area contributed by atoms with Crippen LogP contribution in [0.2, 0.25) is 5.02 Å². The Labute approximate surface area is 116 Å². The maximum atomic E-state index is 10.3. The van der Waals surface area contributed by atoms with E-state index in [2.05, 4.69) is 4.98 Å². The molecule has 0 fully saturated rings. The second kappa shape index (κ2) is 6.23. The smallest absolute Gasteiger partial charge is 0.0841 e. The van der Waals surface area contributed by atoms with Crippen molar-refractivity contribution in [1.82, 2.24) is 4.98 Å². The summed E-state index contributed by atoms with van der Waals surface area (Å²) >= 11 is 7.68. The third-order valence-corrected chi connectivity index (χ3v) is 3.92. The van der Waals surface area contributed by atoms with Crippen LogP contribution < -0.4 is 0 Å². The van der Waals surface area contributed by atoms with Gasteiger partial charge in [-0.15, -0.1) is 11.8 Å². The van der Waals surface area contributed by atoms with Gasteiger partial charge in [-0.05, 0) is 29.5 Å². The summed E-state index contributed by atoms with van der Waals surface area (Å²) in [7, 11) is 0. The van der Waals surface area contributed by atoms with Gasteiger partial charge in [0.1, 0.15) is 0 Å². The van der Waals surface area contributed by atoms with E-state index in [1.54, 1.807) is 24.2 Å². The lowest BCUT2D eigenvalue weighted by atomic mass is 10.0. The Morgan fingerprint density at radius 2 is 2.11 bits per heavy atom. The zero-order chi connectivity index (χ0) is 13.0. The van der Waals surface area contributed by atoms with Crippen molar-refractivity contribution in [1.29, 1.82) is 0 Å². The Kier molecular flexibility index (Phi) is 4.64. The van der Waals surface area contributed by atoms with Gasteiger partial charge in [-0.2, -0.15) is 0 Å². The minimum Gasteiger partial charge on any atom is -0.388 e. The summed E-state index contributed by atoms with van der Waals surface area (Å²) in [5.41, 5.74) is 1.85. The first-order valence-corrected chi connectivity index (χ1v) is 7.22. The summed E-state index contributed by atoms with van der Waals surface area (Å²) in [6.45, 7) is 0. The van der Waals surface area contributed by atoms with Crippen molar-refractivity contribution < 1.29 is 5.11 Å². The average molecular weight is 280 g/mol. The Balaban J connectivity index is 2.22. The molecule has 4 heteroatoms. The van der Waals surface area contributed by atoms with Crippen molar-refractivity contribution in [3.05, 3.63) is 58.9 Å². The van der Waals surface area contributed by atoms with E-state index in [-0.39, 0.29) is 0 Å². The highest BCUT2D eigenvalue weighted by atomic mass is 35.5. The maximum Gasteiger partial charge on any atom is 0.0841 e. The molecule has 1 heterocycles. The lowest BCUT2D eigenvalue weighted by Gasteiger charge is -2.15. The summed E-state index contributed by atoms with van der Waals surface area (Å²) < 4.78 is 0. The lowest BCUT2D eigenvalue weighted by molar-refractivity contribution is 0.175. The van der Waals surface area contributed by atoms with Crippen LogP contribution in [0.5, 0.6) is 0 Å². The molecule has 0 spiro atoms. The van der Waals surface area contributed by atoms with Gasteiger partial charge in [0.15, 0.2) is 0 Å². The van der Waals surface area contributed by atoms with Crippen LogP contribution in [0.1, 0.15) is 17.2 Å². The molecule has 0 saturated carbocycles. The molecule has 0 aliphatic heterocycles. The highest BCUT2D eigenvalue weighted by Crippen LogP contribution is 2.29. The van der Waals surface area contributed by atoms with E-state index >= 15 is 0 Å². The Bertz CT molecular complexity index is 533. The van der Waals surface area contributed by atoms with Gasteiger partial charge in [0, 0.05) is 23.7 Å². The maximum absolute atomic E-state index is 10.3. The highest BCUT2D eigenvalue weighted by molar-refractivity contribution is 7.98. The molecular formula is C14H14ClNOS. The van der Waals surface area contributed by atoms with Gasteiger partial charge in [-0.25, -0.2) is 0 Å². The number of hydrogen-bond acceptors (Lipinski definition) is 3. The number of halogens is 1.